The van der Waals surface area contributed by atoms with Crippen LogP contribution in [0.2, 0.25) is 0 Å². The monoisotopic (exact) mass is 308 g/mol. The van der Waals surface area contributed by atoms with Gasteiger partial charge in [-0.15, -0.1) is 0 Å². The third-order valence-corrected chi connectivity index (χ3v) is 4.67. The number of rotatable bonds is 5. The molecule has 0 radical (unpaired) electrons. The fourth-order valence-electron chi connectivity index (χ4n) is 2.04. The van der Waals surface area contributed by atoms with Crippen molar-refractivity contribution >= 4 is 39.2 Å². The minimum atomic E-state index is -0.0197. The Morgan fingerprint density at radius 3 is 2.95 bits per heavy atom. The second-order valence-corrected chi connectivity index (χ2v) is 6.75. The average molecular weight is 308 g/mol. The van der Waals surface area contributed by atoms with E-state index in [1.165, 1.54) is 15.8 Å². The first-order valence-electron chi connectivity index (χ1n) is 6.82. The van der Waals surface area contributed by atoms with E-state index in [9.17, 15) is 4.79 Å². The molecule has 1 amide bonds. The highest BCUT2D eigenvalue weighted by molar-refractivity contribution is 7.98. The number of benzene rings is 1. The number of hydrogen-bond donors (Lipinski definition) is 0. The van der Waals surface area contributed by atoms with E-state index in [-0.39, 0.29) is 5.91 Å². The summed E-state index contributed by atoms with van der Waals surface area (Å²) < 4.78 is 3.37. The number of carbonyl (C=O) groups excluding carboxylic acids is 1. The number of aryl methyl sites for hydroxylation is 2. The Bertz CT molecular complexity index is 670. The Kier molecular flexibility index (Phi) is 5.43. The van der Waals surface area contributed by atoms with Gasteiger partial charge in [0.05, 0.1) is 10.2 Å². The number of hydrogen-bond acceptors (Lipinski definition) is 3. The van der Waals surface area contributed by atoms with Gasteiger partial charge in [0.1, 0.15) is 0 Å². The molecule has 5 heteroatoms. The van der Waals surface area contributed by atoms with Crippen LogP contribution in [-0.2, 0) is 11.3 Å². The van der Waals surface area contributed by atoms with Gasteiger partial charge in [-0.3, -0.25) is 4.79 Å². The lowest BCUT2D eigenvalue weighted by molar-refractivity contribution is -0.118. The van der Waals surface area contributed by atoms with Crippen molar-refractivity contribution in [3.63, 3.8) is 0 Å². The zero-order valence-electron chi connectivity index (χ0n) is 12.2. The first kappa shape index (κ1) is 15.3. The fourth-order valence-corrected chi connectivity index (χ4v) is 3.58. The molecule has 0 saturated carbocycles. The summed E-state index contributed by atoms with van der Waals surface area (Å²) in [6.07, 6.45) is 3.46. The fraction of sp³-hybridized carbons (Fsp3) is 0.467. The summed E-state index contributed by atoms with van der Waals surface area (Å²) in [6.45, 7) is 4.98. The molecular weight excluding hydrogens is 288 g/mol. The van der Waals surface area contributed by atoms with Crippen molar-refractivity contribution in [2.45, 2.75) is 33.2 Å². The molecular formula is C15H20N2OS2. The van der Waals surface area contributed by atoms with Crippen molar-refractivity contribution in [3.05, 3.63) is 28.6 Å². The first-order chi connectivity index (χ1) is 9.65. The molecule has 2 aromatic rings. The van der Waals surface area contributed by atoms with E-state index in [0.29, 0.717) is 6.42 Å². The highest BCUT2D eigenvalue weighted by Gasteiger charge is 2.07. The second-order valence-electron chi connectivity index (χ2n) is 4.76. The van der Waals surface area contributed by atoms with Gasteiger partial charge in [0.25, 0.3) is 0 Å². The second kappa shape index (κ2) is 7.09. The van der Waals surface area contributed by atoms with E-state index in [2.05, 4.69) is 40.9 Å². The van der Waals surface area contributed by atoms with Crippen molar-refractivity contribution in [3.8, 4) is 0 Å². The third-order valence-electron chi connectivity index (χ3n) is 3.04. The van der Waals surface area contributed by atoms with Crippen LogP contribution in [0, 0.1) is 6.92 Å². The van der Waals surface area contributed by atoms with Crippen LogP contribution in [0.1, 0.15) is 25.3 Å². The lowest BCUT2D eigenvalue weighted by atomic mass is 10.2. The van der Waals surface area contributed by atoms with Crippen molar-refractivity contribution in [2.24, 2.45) is 4.99 Å². The largest absolute Gasteiger partial charge is 0.316 e. The van der Waals surface area contributed by atoms with Gasteiger partial charge in [0.15, 0.2) is 4.80 Å². The summed E-state index contributed by atoms with van der Waals surface area (Å²) in [5.41, 5.74) is 2.42. The molecule has 1 heterocycles. The van der Waals surface area contributed by atoms with Crippen LogP contribution < -0.4 is 4.80 Å². The molecule has 0 N–H and O–H groups in total. The Labute approximate surface area is 127 Å². The van der Waals surface area contributed by atoms with Gasteiger partial charge < -0.3 is 4.57 Å². The van der Waals surface area contributed by atoms with E-state index >= 15 is 0 Å². The molecule has 0 aliphatic carbocycles. The van der Waals surface area contributed by atoms with Crippen LogP contribution in [0.15, 0.2) is 23.2 Å². The highest BCUT2D eigenvalue weighted by Crippen LogP contribution is 2.19. The predicted octanol–water partition coefficient (Wildman–Crippen LogP) is 3.60. The lowest BCUT2D eigenvalue weighted by Gasteiger charge is -2.03. The van der Waals surface area contributed by atoms with Gasteiger partial charge in [0.2, 0.25) is 5.91 Å². The number of thiazole rings is 1. The number of nitrogens with zero attached hydrogens (tertiary/aromatic N) is 2. The van der Waals surface area contributed by atoms with Gasteiger partial charge in [-0.1, -0.05) is 24.3 Å². The average Bonchev–Trinajstić information content (AvgIpc) is 2.73. The summed E-state index contributed by atoms with van der Waals surface area (Å²) in [6, 6.07) is 6.41. The molecule has 0 fully saturated rings. The summed E-state index contributed by atoms with van der Waals surface area (Å²) in [7, 11) is 0. The predicted molar refractivity (Wildman–Crippen MR) is 88.4 cm³/mol. The zero-order chi connectivity index (χ0) is 14.5. The van der Waals surface area contributed by atoms with Crippen LogP contribution in [0.5, 0.6) is 0 Å². The maximum atomic E-state index is 11.8. The molecule has 0 spiro atoms. The molecule has 1 aromatic carbocycles. The van der Waals surface area contributed by atoms with Crippen molar-refractivity contribution in [1.29, 1.82) is 0 Å². The number of aromatic nitrogens is 1. The van der Waals surface area contributed by atoms with E-state index in [4.69, 9.17) is 0 Å². The molecule has 0 bridgehead atoms. The van der Waals surface area contributed by atoms with Crippen molar-refractivity contribution in [1.82, 2.24) is 4.57 Å². The van der Waals surface area contributed by atoms with Gasteiger partial charge in [-0.2, -0.15) is 16.8 Å². The Morgan fingerprint density at radius 1 is 1.45 bits per heavy atom. The van der Waals surface area contributed by atoms with Gasteiger partial charge in [0, 0.05) is 18.7 Å². The molecule has 0 atom stereocenters. The molecule has 0 aliphatic rings. The standard InChI is InChI=1S/C15H20N2OS2/c1-4-5-14(18)16-15-17(8-9-19-3)12-7-6-11(2)10-13(12)20-15/h6-7,10H,4-5,8-9H2,1-3H3. The Balaban J connectivity index is 2.53. The Hall–Kier alpha value is -1.07. The van der Waals surface area contributed by atoms with Crippen molar-refractivity contribution in [2.75, 3.05) is 12.0 Å². The summed E-state index contributed by atoms with van der Waals surface area (Å²) in [5.74, 6) is 1.00. The molecule has 0 unspecified atom stereocenters. The zero-order valence-corrected chi connectivity index (χ0v) is 13.8. The normalized spacial score (nSPS) is 12.2. The summed E-state index contributed by atoms with van der Waals surface area (Å²) in [5, 5.41) is 0. The molecule has 108 valence electrons. The summed E-state index contributed by atoms with van der Waals surface area (Å²) in [4.78, 5) is 16.9. The number of carbonyl (C=O) groups is 1. The smallest absolute Gasteiger partial charge is 0.248 e. The van der Waals surface area contributed by atoms with Crippen LogP contribution >= 0.6 is 23.1 Å². The van der Waals surface area contributed by atoms with Crippen LogP contribution in [0.3, 0.4) is 0 Å². The van der Waals surface area contributed by atoms with Crippen LogP contribution in [-0.4, -0.2) is 22.5 Å². The molecule has 0 saturated heterocycles. The van der Waals surface area contributed by atoms with E-state index in [1.54, 1.807) is 23.1 Å². The molecule has 20 heavy (non-hydrogen) atoms. The minimum absolute atomic E-state index is 0.0197. The number of thioether (sulfide) groups is 1. The quantitative estimate of drug-likeness (QED) is 0.846. The van der Waals surface area contributed by atoms with E-state index < -0.39 is 0 Å². The minimum Gasteiger partial charge on any atom is -0.316 e. The molecule has 0 aliphatic heterocycles. The van der Waals surface area contributed by atoms with Crippen LogP contribution in [0.4, 0.5) is 0 Å². The highest BCUT2D eigenvalue weighted by atomic mass is 32.2. The van der Waals surface area contributed by atoms with Gasteiger partial charge >= 0.3 is 0 Å². The van der Waals surface area contributed by atoms with E-state index in [0.717, 1.165) is 23.5 Å². The molecule has 2 rings (SSSR count). The van der Waals surface area contributed by atoms with Crippen LogP contribution in [0.25, 0.3) is 10.2 Å². The number of fused-ring (bicyclic) bond motifs is 1. The maximum absolute atomic E-state index is 11.8. The van der Waals surface area contributed by atoms with Gasteiger partial charge in [-0.05, 0) is 37.3 Å². The Morgan fingerprint density at radius 2 is 2.25 bits per heavy atom. The van der Waals surface area contributed by atoms with Crippen molar-refractivity contribution < 1.29 is 4.79 Å². The lowest BCUT2D eigenvalue weighted by Crippen LogP contribution is -2.18. The molecule has 1 aromatic heterocycles. The van der Waals surface area contributed by atoms with Gasteiger partial charge in [-0.25, -0.2) is 0 Å². The SMILES string of the molecule is CCCC(=O)N=c1sc2cc(C)ccc2n1CCSC. The first-order valence-corrected chi connectivity index (χ1v) is 9.03. The number of amides is 1. The summed E-state index contributed by atoms with van der Waals surface area (Å²) >= 11 is 3.42. The van der Waals surface area contributed by atoms with E-state index in [1.807, 2.05) is 6.92 Å². The molecule has 3 nitrogen and oxygen atoms in total. The topological polar surface area (TPSA) is 34.4 Å². The third kappa shape index (κ3) is 3.52. The maximum Gasteiger partial charge on any atom is 0.248 e.